The van der Waals surface area contributed by atoms with Gasteiger partial charge in [-0.3, -0.25) is 0 Å². The van der Waals surface area contributed by atoms with Crippen LogP contribution in [0.1, 0.15) is 38.4 Å². The van der Waals surface area contributed by atoms with Crippen LogP contribution in [-0.2, 0) is 30.4 Å². The third-order valence-electron chi connectivity index (χ3n) is 7.78. The van der Waals surface area contributed by atoms with Gasteiger partial charge in [-0.1, -0.05) is 48.0 Å². The molecule has 1 fully saturated rings. The van der Waals surface area contributed by atoms with Crippen LogP contribution in [0.5, 0.6) is 0 Å². The average Bonchev–Trinajstić information content (AvgIpc) is 3.17. The van der Waals surface area contributed by atoms with Crippen molar-refractivity contribution in [2.45, 2.75) is 33.4 Å². The number of hydrogen-bond donors (Lipinski definition) is 1. The van der Waals surface area contributed by atoms with Crippen molar-refractivity contribution < 1.29 is 4.79 Å². The van der Waals surface area contributed by atoms with Crippen molar-refractivity contribution in [2.75, 3.05) is 36.0 Å². The molecular formula is C30H32ClN4OS+. The molecule has 2 aromatic heterocycles. The summed E-state index contributed by atoms with van der Waals surface area (Å²) in [6.45, 7) is 8.54. The lowest BCUT2D eigenvalue weighted by Crippen LogP contribution is -2.40. The van der Waals surface area contributed by atoms with Crippen molar-refractivity contribution in [3.63, 3.8) is 0 Å². The van der Waals surface area contributed by atoms with Crippen LogP contribution in [0.2, 0.25) is 5.02 Å². The minimum absolute atomic E-state index is 0.210. The summed E-state index contributed by atoms with van der Waals surface area (Å²) >= 11 is 6.33. The fourth-order valence-corrected chi connectivity index (χ4v) is 7.58. The van der Waals surface area contributed by atoms with E-state index in [1.807, 2.05) is 18.2 Å². The van der Waals surface area contributed by atoms with Crippen molar-refractivity contribution in [3.05, 3.63) is 93.3 Å². The molecule has 4 heterocycles. The maximum absolute atomic E-state index is 13.7. The molecular weight excluding hydrogens is 500 g/mol. The molecule has 2 aliphatic heterocycles. The van der Waals surface area contributed by atoms with E-state index in [1.54, 1.807) is 0 Å². The molecule has 1 saturated heterocycles. The Morgan fingerprint density at radius 2 is 1.84 bits per heavy atom. The van der Waals surface area contributed by atoms with E-state index in [0.29, 0.717) is 12.2 Å². The molecule has 0 amide bonds. The van der Waals surface area contributed by atoms with Crippen LogP contribution in [0.4, 0.5) is 5.82 Å². The maximum atomic E-state index is 13.7. The second-order valence-corrected chi connectivity index (χ2v) is 12.6. The Bertz CT molecular complexity index is 1490. The van der Waals surface area contributed by atoms with Crippen LogP contribution >= 0.6 is 11.6 Å². The standard InChI is InChI=1S/C30H32ClN4OS/c1-20-21(2)35(18-22-6-5-9-25(31)16-22)28-26(20)17-27(30(36)37-14-11-32-12-15-37)33-29(28)34-13-10-23-7-3-4-8-24(23)19-34/h3-9,16-17,32H,10-15,18-19H2,1-2H3/q+1. The van der Waals surface area contributed by atoms with Gasteiger partial charge in [0.2, 0.25) is 0 Å². The number of rotatable bonds is 4. The molecule has 7 heteroatoms. The Morgan fingerprint density at radius 1 is 1.05 bits per heavy atom. The minimum Gasteiger partial charge on any atom is -0.350 e. The van der Waals surface area contributed by atoms with Gasteiger partial charge in [-0.15, -0.1) is 0 Å². The van der Waals surface area contributed by atoms with Crippen molar-refractivity contribution in [3.8, 4) is 0 Å². The predicted octanol–water partition coefficient (Wildman–Crippen LogP) is 5.28. The zero-order valence-electron chi connectivity index (χ0n) is 21.4. The van der Waals surface area contributed by atoms with Crippen molar-refractivity contribution in [1.29, 1.82) is 0 Å². The van der Waals surface area contributed by atoms with Gasteiger partial charge in [0, 0.05) is 48.8 Å². The summed E-state index contributed by atoms with van der Waals surface area (Å²) < 4.78 is 2.36. The number of nitrogens with one attached hydrogen (secondary N) is 1. The average molecular weight is 532 g/mol. The minimum atomic E-state index is -0.276. The quantitative estimate of drug-likeness (QED) is 0.364. The highest BCUT2D eigenvalue weighted by Crippen LogP contribution is 2.36. The molecule has 4 aromatic rings. The summed E-state index contributed by atoms with van der Waals surface area (Å²) in [4.78, 5) is 21.2. The predicted molar refractivity (Wildman–Crippen MR) is 155 cm³/mol. The summed E-state index contributed by atoms with van der Waals surface area (Å²) in [5, 5.41) is 5.46. The summed E-state index contributed by atoms with van der Waals surface area (Å²) in [7, 11) is -0.276. The lowest BCUT2D eigenvalue weighted by atomic mass is 10.00. The second kappa shape index (κ2) is 10.2. The van der Waals surface area contributed by atoms with Crippen molar-refractivity contribution >= 4 is 44.3 Å². The first-order chi connectivity index (χ1) is 18.0. The molecule has 0 radical (unpaired) electrons. The smallest absolute Gasteiger partial charge is 0.350 e. The van der Waals surface area contributed by atoms with Gasteiger partial charge in [0.1, 0.15) is 11.5 Å². The monoisotopic (exact) mass is 531 g/mol. The number of aromatic nitrogens is 2. The Hall–Kier alpha value is -2.80. The Balaban J connectivity index is 1.51. The van der Waals surface area contributed by atoms with Gasteiger partial charge in [-0.25, -0.2) is 9.78 Å². The van der Waals surface area contributed by atoms with E-state index < -0.39 is 0 Å². The maximum Gasteiger partial charge on any atom is 0.380 e. The molecule has 0 saturated carbocycles. The third-order valence-corrected chi connectivity index (χ3v) is 10.1. The SMILES string of the molecule is Cc1c(C)n(Cc2cccc(Cl)c2)c2c(N3CCc4ccccc4C3)nc(C(=O)[S+]3CCNCC3)cc12. The molecule has 0 bridgehead atoms. The zero-order valence-corrected chi connectivity index (χ0v) is 23.0. The van der Waals surface area contributed by atoms with Gasteiger partial charge in [0.25, 0.3) is 0 Å². The molecule has 1 N–H and O–H groups in total. The van der Waals surface area contributed by atoms with Crippen LogP contribution in [0.3, 0.4) is 0 Å². The summed E-state index contributed by atoms with van der Waals surface area (Å²) in [6.07, 6.45) is 0.973. The van der Waals surface area contributed by atoms with E-state index in [-0.39, 0.29) is 16.0 Å². The number of anilines is 1. The van der Waals surface area contributed by atoms with Crippen LogP contribution in [0.25, 0.3) is 10.9 Å². The van der Waals surface area contributed by atoms with Gasteiger partial charge < -0.3 is 14.8 Å². The number of pyridine rings is 1. The molecule has 0 spiro atoms. The third kappa shape index (κ3) is 4.67. The summed E-state index contributed by atoms with van der Waals surface area (Å²) in [5.74, 6) is 2.73. The van der Waals surface area contributed by atoms with E-state index in [9.17, 15) is 4.79 Å². The molecule has 190 valence electrons. The van der Waals surface area contributed by atoms with Gasteiger partial charge in [-0.05, 0) is 60.7 Å². The van der Waals surface area contributed by atoms with Crippen LogP contribution < -0.4 is 10.2 Å². The van der Waals surface area contributed by atoms with Crippen LogP contribution in [0, 0.1) is 13.8 Å². The van der Waals surface area contributed by atoms with Gasteiger partial charge in [0.05, 0.1) is 16.4 Å². The largest absolute Gasteiger partial charge is 0.380 e. The Morgan fingerprint density at radius 3 is 2.62 bits per heavy atom. The van der Waals surface area contributed by atoms with E-state index in [1.165, 1.54) is 22.4 Å². The van der Waals surface area contributed by atoms with Crippen LogP contribution in [0.15, 0.2) is 54.6 Å². The number of aryl methyl sites for hydroxylation is 1. The fourth-order valence-electron chi connectivity index (χ4n) is 5.61. The number of carbonyl (C=O) groups excluding carboxylic acids is 1. The van der Waals surface area contributed by atoms with Crippen LogP contribution in [-0.4, -0.2) is 45.8 Å². The normalized spacial score (nSPS) is 16.2. The number of carbonyl (C=O) groups is 1. The van der Waals surface area contributed by atoms with Crippen molar-refractivity contribution in [2.24, 2.45) is 0 Å². The van der Waals surface area contributed by atoms with Gasteiger partial charge in [0.15, 0.2) is 11.5 Å². The lowest BCUT2D eigenvalue weighted by Gasteiger charge is -2.31. The number of fused-ring (bicyclic) bond motifs is 2. The number of benzene rings is 2. The van der Waals surface area contributed by atoms with Crippen molar-refractivity contribution in [1.82, 2.24) is 14.9 Å². The highest BCUT2D eigenvalue weighted by Gasteiger charge is 2.35. The van der Waals surface area contributed by atoms with E-state index in [0.717, 1.165) is 71.4 Å². The highest BCUT2D eigenvalue weighted by atomic mass is 35.5. The molecule has 5 nitrogen and oxygen atoms in total. The lowest BCUT2D eigenvalue weighted by molar-refractivity contribution is 0.108. The number of hydrogen-bond acceptors (Lipinski definition) is 4. The molecule has 2 aliphatic rings. The first-order valence-electron chi connectivity index (χ1n) is 13.0. The molecule has 0 atom stereocenters. The Labute approximate surface area is 226 Å². The highest BCUT2D eigenvalue weighted by molar-refractivity contribution is 8.11. The second-order valence-electron chi connectivity index (χ2n) is 10.0. The molecule has 2 aromatic carbocycles. The molecule has 0 aliphatic carbocycles. The molecule has 0 unspecified atom stereocenters. The number of nitrogens with zero attached hydrogens (tertiary/aromatic N) is 3. The van der Waals surface area contributed by atoms with E-state index in [4.69, 9.17) is 16.6 Å². The Kier molecular flexibility index (Phi) is 6.74. The summed E-state index contributed by atoms with van der Waals surface area (Å²) in [5.41, 5.74) is 8.03. The molecule has 37 heavy (non-hydrogen) atoms. The first kappa shape index (κ1) is 24.5. The fraction of sp³-hybridized carbons (Fsp3) is 0.333. The topological polar surface area (TPSA) is 50.2 Å². The summed E-state index contributed by atoms with van der Waals surface area (Å²) in [6, 6.07) is 18.8. The van der Waals surface area contributed by atoms with Gasteiger partial charge >= 0.3 is 5.12 Å². The molecule has 6 rings (SSSR count). The zero-order chi connectivity index (χ0) is 25.5. The van der Waals surface area contributed by atoms with Gasteiger partial charge in [-0.2, -0.15) is 0 Å². The van der Waals surface area contributed by atoms with E-state index in [2.05, 4.69) is 65.0 Å². The van der Waals surface area contributed by atoms with E-state index >= 15 is 0 Å². The number of halogens is 1. The first-order valence-corrected chi connectivity index (χ1v) is 14.9.